The Labute approximate surface area is 255 Å². The molecule has 0 aromatic heterocycles. The molecule has 0 N–H and O–H groups in total. The Morgan fingerprint density at radius 3 is 1.62 bits per heavy atom. The average molecular weight is 577 g/mol. The van der Waals surface area contributed by atoms with E-state index in [0.717, 1.165) is 41.5 Å². The van der Waals surface area contributed by atoms with Crippen LogP contribution in [0.4, 0.5) is 0 Å². The molecule has 4 aliphatic rings. The van der Waals surface area contributed by atoms with Crippen molar-refractivity contribution >= 4 is 22.7 Å². The molecule has 4 nitrogen and oxygen atoms in total. The summed E-state index contributed by atoms with van der Waals surface area (Å²) >= 11 is 0. The van der Waals surface area contributed by atoms with Crippen LogP contribution in [0.5, 0.6) is 0 Å². The van der Waals surface area contributed by atoms with Crippen molar-refractivity contribution in [1.82, 2.24) is 0 Å². The fourth-order valence-electron chi connectivity index (χ4n) is 7.61. The van der Waals surface area contributed by atoms with Crippen molar-refractivity contribution in [3.63, 3.8) is 0 Å². The number of benzene rings is 2. The molecule has 4 aliphatic carbocycles. The predicted octanol–water partition coefficient (Wildman–Crippen LogP) is 10.0. The molecule has 4 fully saturated rings. The van der Waals surface area contributed by atoms with Crippen molar-refractivity contribution in [3.8, 4) is 0 Å². The standard InChI is InChI=1S/C19H32O2.C19H24O2/c1-6-17(2,3)16(20)21-18(4,5)19-10-13-7-14(11-19)9-15(8-13)12-19;1-6-18(2,3)17(20)21-19(4,5)16-12-11-14-9-7-8-10-15(14)13-16/h13-15H,6-12H2,1-5H3;7-13H,6H2,1-5H3. The Morgan fingerprint density at radius 1 is 0.690 bits per heavy atom. The molecule has 2 aromatic carbocycles. The monoisotopic (exact) mass is 576 g/mol. The van der Waals surface area contributed by atoms with Crippen molar-refractivity contribution in [2.75, 3.05) is 0 Å². The average Bonchev–Trinajstić information content (AvgIpc) is 2.91. The van der Waals surface area contributed by atoms with Gasteiger partial charge in [-0.1, -0.05) is 50.2 Å². The van der Waals surface area contributed by atoms with Gasteiger partial charge in [-0.05, 0) is 147 Å². The molecule has 0 aliphatic heterocycles. The van der Waals surface area contributed by atoms with Gasteiger partial charge in [-0.2, -0.15) is 0 Å². The van der Waals surface area contributed by atoms with Crippen LogP contribution in [0, 0.1) is 34.0 Å². The van der Waals surface area contributed by atoms with Crippen LogP contribution in [0.1, 0.15) is 126 Å². The minimum atomic E-state index is -0.631. The molecular formula is C38H56O4. The van der Waals surface area contributed by atoms with Crippen molar-refractivity contribution in [1.29, 1.82) is 0 Å². The molecule has 4 saturated carbocycles. The highest BCUT2D eigenvalue weighted by Gasteiger charge is 2.59. The molecule has 0 radical (unpaired) electrons. The van der Waals surface area contributed by atoms with E-state index >= 15 is 0 Å². The summed E-state index contributed by atoms with van der Waals surface area (Å²) < 4.78 is 11.9. The van der Waals surface area contributed by atoms with E-state index in [1.54, 1.807) is 0 Å². The second kappa shape index (κ2) is 11.6. The van der Waals surface area contributed by atoms with Gasteiger partial charge in [0.25, 0.3) is 0 Å². The highest BCUT2D eigenvalue weighted by Crippen LogP contribution is 2.64. The van der Waals surface area contributed by atoms with Gasteiger partial charge in [-0.3, -0.25) is 9.59 Å². The van der Waals surface area contributed by atoms with E-state index < -0.39 is 11.0 Å². The van der Waals surface area contributed by atoms with Crippen molar-refractivity contribution in [3.05, 3.63) is 48.0 Å². The summed E-state index contributed by atoms with van der Waals surface area (Å²) in [5, 5.41) is 2.35. The first kappa shape index (κ1) is 32.6. The molecule has 0 heterocycles. The zero-order chi connectivity index (χ0) is 31.1. The fourth-order valence-corrected chi connectivity index (χ4v) is 7.61. The van der Waals surface area contributed by atoms with Gasteiger partial charge in [0.2, 0.25) is 0 Å². The smallest absolute Gasteiger partial charge is 0.312 e. The molecule has 0 atom stereocenters. The lowest BCUT2D eigenvalue weighted by molar-refractivity contribution is -0.206. The number of hydrogen-bond acceptors (Lipinski definition) is 4. The van der Waals surface area contributed by atoms with E-state index in [0.29, 0.717) is 0 Å². The van der Waals surface area contributed by atoms with Crippen LogP contribution in [-0.4, -0.2) is 17.5 Å². The van der Waals surface area contributed by atoms with Gasteiger partial charge in [0.15, 0.2) is 0 Å². The number of ether oxygens (including phenoxy) is 2. The maximum absolute atomic E-state index is 12.6. The van der Waals surface area contributed by atoms with E-state index in [-0.39, 0.29) is 28.4 Å². The normalized spacial score (nSPS) is 25.5. The molecule has 4 bridgehead atoms. The lowest BCUT2D eigenvalue weighted by Gasteiger charge is -2.61. The molecule has 232 valence electrons. The van der Waals surface area contributed by atoms with Gasteiger partial charge in [-0.15, -0.1) is 0 Å². The maximum Gasteiger partial charge on any atom is 0.312 e. The second-order valence-corrected chi connectivity index (χ2v) is 16.0. The van der Waals surface area contributed by atoms with Gasteiger partial charge in [-0.25, -0.2) is 0 Å². The van der Waals surface area contributed by atoms with Crippen LogP contribution in [0.15, 0.2) is 42.5 Å². The van der Waals surface area contributed by atoms with Crippen LogP contribution in [-0.2, 0) is 24.7 Å². The first-order valence-corrected chi connectivity index (χ1v) is 16.4. The van der Waals surface area contributed by atoms with E-state index in [1.807, 2.05) is 66.7 Å². The summed E-state index contributed by atoms with van der Waals surface area (Å²) in [5.41, 5.74) is -0.490. The predicted molar refractivity (Wildman–Crippen MR) is 172 cm³/mol. The molecule has 0 spiro atoms. The zero-order valence-electron chi connectivity index (χ0n) is 28.1. The van der Waals surface area contributed by atoms with Crippen molar-refractivity contribution in [2.45, 2.75) is 132 Å². The topological polar surface area (TPSA) is 52.6 Å². The highest BCUT2D eigenvalue weighted by atomic mass is 16.6. The quantitative estimate of drug-likeness (QED) is 0.293. The Kier molecular flexibility index (Phi) is 9.01. The number of carbonyl (C=O) groups excluding carboxylic acids is 2. The number of fused-ring (bicyclic) bond motifs is 1. The molecule has 42 heavy (non-hydrogen) atoms. The Bertz CT molecular complexity index is 1250. The number of rotatable bonds is 8. The third-order valence-electron chi connectivity index (χ3n) is 11.3. The fraction of sp³-hybridized carbons (Fsp3) is 0.684. The van der Waals surface area contributed by atoms with E-state index in [1.165, 1.54) is 43.9 Å². The SMILES string of the molecule is CCC(C)(C)C(=O)OC(C)(C)C12CC3CC(CC(C3)C1)C2.CCC(C)(C)C(=O)OC(C)(C)c1ccc2ccccc2c1. The van der Waals surface area contributed by atoms with Crippen molar-refractivity contribution < 1.29 is 19.1 Å². The molecule has 6 rings (SSSR count). The van der Waals surface area contributed by atoms with Crippen LogP contribution in [0.3, 0.4) is 0 Å². The molecule has 2 aromatic rings. The van der Waals surface area contributed by atoms with Gasteiger partial charge in [0.1, 0.15) is 11.2 Å². The summed E-state index contributed by atoms with van der Waals surface area (Å²) in [4.78, 5) is 24.9. The summed E-state index contributed by atoms with van der Waals surface area (Å²) in [7, 11) is 0. The lowest BCUT2D eigenvalue weighted by Crippen LogP contribution is -2.58. The second-order valence-electron chi connectivity index (χ2n) is 16.0. The summed E-state index contributed by atoms with van der Waals surface area (Å²) in [5.74, 6) is 2.53. The minimum absolute atomic E-state index is 0.00857. The van der Waals surface area contributed by atoms with Gasteiger partial charge in [0, 0.05) is 5.41 Å². The summed E-state index contributed by atoms with van der Waals surface area (Å²) in [6, 6.07) is 14.4. The van der Waals surface area contributed by atoms with Gasteiger partial charge in [0.05, 0.1) is 10.8 Å². The molecular weight excluding hydrogens is 520 g/mol. The van der Waals surface area contributed by atoms with Crippen molar-refractivity contribution in [2.24, 2.45) is 34.0 Å². The number of hydrogen-bond donors (Lipinski definition) is 0. The van der Waals surface area contributed by atoms with Crippen LogP contribution in [0.25, 0.3) is 10.8 Å². The number of carbonyl (C=O) groups is 2. The first-order chi connectivity index (χ1) is 19.4. The lowest BCUT2D eigenvalue weighted by atomic mass is 9.46. The largest absolute Gasteiger partial charge is 0.459 e. The number of esters is 2. The summed E-state index contributed by atoms with van der Waals surface area (Å²) in [6.07, 6.45) is 9.75. The molecule has 0 unspecified atom stereocenters. The molecule has 0 saturated heterocycles. The minimum Gasteiger partial charge on any atom is -0.459 e. The maximum atomic E-state index is 12.6. The molecule has 4 heteroatoms. The van der Waals surface area contributed by atoms with Crippen LogP contribution < -0.4 is 0 Å². The Hall–Kier alpha value is -2.36. The van der Waals surface area contributed by atoms with E-state index in [4.69, 9.17) is 9.47 Å². The molecule has 0 amide bonds. The van der Waals surface area contributed by atoms with Gasteiger partial charge < -0.3 is 9.47 Å². The van der Waals surface area contributed by atoms with E-state index in [2.05, 4.69) is 45.0 Å². The van der Waals surface area contributed by atoms with Crippen LogP contribution >= 0.6 is 0 Å². The zero-order valence-corrected chi connectivity index (χ0v) is 28.1. The highest BCUT2D eigenvalue weighted by molar-refractivity contribution is 5.83. The Balaban J connectivity index is 0.000000193. The van der Waals surface area contributed by atoms with E-state index in [9.17, 15) is 9.59 Å². The Morgan fingerprint density at radius 2 is 1.14 bits per heavy atom. The first-order valence-electron chi connectivity index (χ1n) is 16.4. The summed E-state index contributed by atoms with van der Waals surface area (Å²) in [6.45, 7) is 20.2. The van der Waals surface area contributed by atoms with Crippen LogP contribution in [0.2, 0.25) is 0 Å². The third kappa shape index (κ3) is 6.58. The third-order valence-corrected chi connectivity index (χ3v) is 11.3. The van der Waals surface area contributed by atoms with Gasteiger partial charge >= 0.3 is 11.9 Å².